The van der Waals surface area contributed by atoms with Gasteiger partial charge in [0.1, 0.15) is 0 Å². The highest BCUT2D eigenvalue weighted by molar-refractivity contribution is 7.10. The molecule has 12 heavy (non-hydrogen) atoms. The Hall–Kier alpha value is -0.670. The second-order valence-electron chi connectivity index (χ2n) is 2.87. The zero-order valence-corrected chi connectivity index (χ0v) is 8.35. The highest BCUT2D eigenvalue weighted by Gasteiger charge is 2.01. The van der Waals surface area contributed by atoms with E-state index in [9.17, 15) is 5.11 Å². The van der Waals surface area contributed by atoms with Crippen LogP contribution in [-0.2, 0) is 0 Å². The maximum atomic E-state index is 9.23. The van der Waals surface area contributed by atoms with Crippen molar-refractivity contribution in [3.8, 4) is 0 Å². The van der Waals surface area contributed by atoms with Gasteiger partial charge in [0, 0.05) is 4.88 Å². The molecule has 1 unspecified atom stereocenters. The van der Waals surface area contributed by atoms with E-state index in [2.05, 4.69) is 4.98 Å². The summed E-state index contributed by atoms with van der Waals surface area (Å²) < 4.78 is 0. The fourth-order valence-electron chi connectivity index (χ4n) is 0.777. The number of aliphatic hydroxyl groups excluding tert-OH is 1. The van der Waals surface area contributed by atoms with Gasteiger partial charge in [0.15, 0.2) is 0 Å². The summed E-state index contributed by atoms with van der Waals surface area (Å²) in [6.45, 7) is 5.66. The van der Waals surface area contributed by atoms with Gasteiger partial charge in [-0.2, -0.15) is 0 Å². The molecule has 0 saturated carbocycles. The summed E-state index contributed by atoms with van der Waals surface area (Å²) in [7, 11) is 0. The highest BCUT2D eigenvalue weighted by Crippen LogP contribution is 2.17. The Morgan fingerprint density at radius 2 is 2.42 bits per heavy atom. The van der Waals surface area contributed by atoms with Gasteiger partial charge in [0.2, 0.25) is 0 Å². The number of thiazole rings is 1. The van der Waals surface area contributed by atoms with E-state index < -0.39 is 0 Å². The zero-order valence-electron chi connectivity index (χ0n) is 7.53. The number of aliphatic hydroxyl groups is 1. The first kappa shape index (κ1) is 9.42. The van der Waals surface area contributed by atoms with Crippen LogP contribution in [0.3, 0.4) is 0 Å². The molecule has 3 heteroatoms. The van der Waals surface area contributed by atoms with Gasteiger partial charge < -0.3 is 5.11 Å². The van der Waals surface area contributed by atoms with E-state index in [0.29, 0.717) is 0 Å². The predicted octanol–water partition coefficient (Wildman–Crippen LogP) is 2.24. The summed E-state index contributed by atoms with van der Waals surface area (Å²) >= 11 is 1.60. The number of hydrogen-bond acceptors (Lipinski definition) is 3. The van der Waals surface area contributed by atoms with Crippen molar-refractivity contribution in [3.63, 3.8) is 0 Å². The molecule has 0 aliphatic heterocycles. The van der Waals surface area contributed by atoms with Crippen molar-refractivity contribution in [2.75, 3.05) is 0 Å². The first-order chi connectivity index (χ1) is 5.61. The van der Waals surface area contributed by atoms with Crippen LogP contribution in [0.4, 0.5) is 0 Å². The van der Waals surface area contributed by atoms with Crippen molar-refractivity contribution >= 4 is 17.4 Å². The van der Waals surface area contributed by atoms with Crippen LogP contribution in [0.2, 0.25) is 0 Å². The molecule has 0 saturated heterocycles. The standard InChI is InChI=1S/C9H13NOS/c1-6(8(3)11)4-9-7(2)10-5-12-9/h4-5,8,11H,1-3H3/b6-4+. The minimum absolute atomic E-state index is 0.369. The lowest BCUT2D eigenvalue weighted by molar-refractivity contribution is 0.232. The number of rotatable bonds is 2. The largest absolute Gasteiger partial charge is 0.389 e. The van der Waals surface area contributed by atoms with Crippen LogP contribution in [0.5, 0.6) is 0 Å². The molecule has 0 spiro atoms. The van der Waals surface area contributed by atoms with Crippen LogP contribution in [0.1, 0.15) is 24.4 Å². The van der Waals surface area contributed by atoms with Gasteiger partial charge in [0.05, 0.1) is 17.3 Å². The van der Waals surface area contributed by atoms with E-state index >= 15 is 0 Å². The van der Waals surface area contributed by atoms with E-state index in [1.165, 1.54) is 0 Å². The van der Waals surface area contributed by atoms with Crippen LogP contribution < -0.4 is 0 Å². The van der Waals surface area contributed by atoms with Crippen molar-refractivity contribution in [2.45, 2.75) is 26.9 Å². The fourth-order valence-corrected chi connectivity index (χ4v) is 1.58. The Labute approximate surface area is 76.6 Å². The zero-order chi connectivity index (χ0) is 9.14. The molecule has 1 rings (SSSR count). The summed E-state index contributed by atoms with van der Waals surface area (Å²) in [6.07, 6.45) is 1.61. The maximum absolute atomic E-state index is 9.23. The molecule has 0 aromatic carbocycles. The van der Waals surface area contributed by atoms with Crippen molar-refractivity contribution in [3.05, 3.63) is 21.7 Å². The second kappa shape index (κ2) is 3.83. The second-order valence-corrected chi connectivity index (χ2v) is 3.75. The number of aryl methyl sites for hydroxylation is 1. The molecule has 2 nitrogen and oxygen atoms in total. The smallest absolute Gasteiger partial charge is 0.0801 e. The van der Waals surface area contributed by atoms with Gasteiger partial charge in [0.25, 0.3) is 0 Å². The normalized spacial score (nSPS) is 14.8. The van der Waals surface area contributed by atoms with E-state index in [4.69, 9.17) is 0 Å². The number of hydrogen-bond donors (Lipinski definition) is 1. The van der Waals surface area contributed by atoms with Crippen molar-refractivity contribution in [2.24, 2.45) is 0 Å². The summed E-state index contributed by atoms with van der Waals surface area (Å²) in [5, 5.41) is 9.23. The van der Waals surface area contributed by atoms with Gasteiger partial charge in [-0.15, -0.1) is 11.3 Å². The lowest BCUT2D eigenvalue weighted by atomic mass is 10.1. The van der Waals surface area contributed by atoms with Crippen molar-refractivity contribution < 1.29 is 5.11 Å². The van der Waals surface area contributed by atoms with Gasteiger partial charge in [-0.05, 0) is 32.4 Å². The molecule has 66 valence electrons. The topological polar surface area (TPSA) is 33.1 Å². The van der Waals surface area contributed by atoms with Crippen LogP contribution >= 0.6 is 11.3 Å². The Morgan fingerprint density at radius 1 is 1.75 bits per heavy atom. The van der Waals surface area contributed by atoms with Gasteiger partial charge in [-0.3, -0.25) is 0 Å². The first-order valence-electron chi connectivity index (χ1n) is 3.87. The number of aromatic nitrogens is 1. The van der Waals surface area contributed by atoms with Crippen molar-refractivity contribution in [1.82, 2.24) is 4.98 Å². The summed E-state index contributed by atoms with van der Waals surface area (Å²) in [6, 6.07) is 0. The quantitative estimate of drug-likeness (QED) is 0.762. The lowest BCUT2D eigenvalue weighted by Gasteiger charge is -2.02. The fraction of sp³-hybridized carbons (Fsp3) is 0.444. The lowest BCUT2D eigenvalue weighted by Crippen LogP contribution is -2.00. The Balaban J connectivity index is 2.87. The molecule has 0 fully saturated rings. The third kappa shape index (κ3) is 2.16. The minimum atomic E-state index is -0.369. The third-order valence-electron chi connectivity index (χ3n) is 1.80. The first-order valence-corrected chi connectivity index (χ1v) is 4.75. The Bertz CT molecular complexity index is 288. The van der Waals surface area contributed by atoms with Crippen LogP contribution in [-0.4, -0.2) is 16.2 Å². The van der Waals surface area contributed by atoms with E-state index in [1.54, 1.807) is 18.3 Å². The van der Waals surface area contributed by atoms with E-state index in [0.717, 1.165) is 16.1 Å². The minimum Gasteiger partial charge on any atom is -0.389 e. The average molecular weight is 183 g/mol. The molecule has 1 N–H and O–H groups in total. The summed E-state index contributed by atoms with van der Waals surface area (Å²) in [4.78, 5) is 5.25. The van der Waals surface area contributed by atoms with Gasteiger partial charge >= 0.3 is 0 Å². The third-order valence-corrected chi connectivity index (χ3v) is 2.68. The average Bonchev–Trinajstić information content (AvgIpc) is 2.36. The van der Waals surface area contributed by atoms with Crippen LogP contribution in [0.15, 0.2) is 11.1 Å². The van der Waals surface area contributed by atoms with Crippen molar-refractivity contribution in [1.29, 1.82) is 0 Å². The molecular formula is C9H13NOS. The van der Waals surface area contributed by atoms with E-state index in [-0.39, 0.29) is 6.10 Å². The van der Waals surface area contributed by atoms with Gasteiger partial charge in [-0.1, -0.05) is 0 Å². The predicted molar refractivity (Wildman–Crippen MR) is 52.2 cm³/mol. The summed E-state index contributed by atoms with van der Waals surface area (Å²) in [5.41, 5.74) is 3.82. The number of nitrogens with zero attached hydrogens (tertiary/aromatic N) is 1. The SMILES string of the molecule is C/C(=C\c1scnc1C)C(C)O. The summed E-state index contributed by atoms with van der Waals surface area (Å²) in [5.74, 6) is 0. The Morgan fingerprint density at radius 3 is 2.83 bits per heavy atom. The molecule has 0 bridgehead atoms. The molecular weight excluding hydrogens is 170 g/mol. The molecule has 1 heterocycles. The van der Waals surface area contributed by atoms with Crippen LogP contribution in [0, 0.1) is 6.92 Å². The van der Waals surface area contributed by atoms with Gasteiger partial charge in [-0.25, -0.2) is 4.98 Å². The Kier molecular flexibility index (Phi) is 3.00. The molecule has 1 aromatic rings. The van der Waals surface area contributed by atoms with E-state index in [1.807, 2.05) is 25.4 Å². The highest BCUT2D eigenvalue weighted by atomic mass is 32.1. The molecule has 0 amide bonds. The molecule has 0 aliphatic carbocycles. The monoisotopic (exact) mass is 183 g/mol. The molecule has 1 atom stereocenters. The van der Waals surface area contributed by atoms with Crippen LogP contribution in [0.25, 0.3) is 6.08 Å². The molecule has 0 aliphatic rings. The molecule has 1 aromatic heterocycles. The maximum Gasteiger partial charge on any atom is 0.0801 e. The molecule has 0 radical (unpaired) electrons.